The number of hydrogen-bond acceptors (Lipinski definition) is 3. The molecule has 18 heavy (non-hydrogen) atoms. The van der Waals surface area contributed by atoms with Crippen LogP contribution >= 0.6 is 23.2 Å². The summed E-state index contributed by atoms with van der Waals surface area (Å²) in [5.41, 5.74) is -0.345. The van der Waals surface area contributed by atoms with Crippen molar-refractivity contribution in [3.8, 4) is 0 Å². The number of rotatable bonds is 5. The van der Waals surface area contributed by atoms with Gasteiger partial charge in [-0.2, -0.15) is 5.10 Å². The molecule has 0 radical (unpaired) electrons. The van der Waals surface area contributed by atoms with E-state index in [-0.39, 0.29) is 5.54 Å². The summed E-state index contributed by atoms with van der Waals surface area (Å²) in [7, 11) is 0. The first-order valence-electron chi connectivity index (χ1n) is 5.85. The van der Waals surface area contributed by atoms with Gasteiger partial charge in [0.25, 0.3) is 0 Å². The lowest BCUT2D eigenvalue weighted by Gasteiger charge is -2.30. The van der Waals surface area contributed by atoms with Gasteiger partial charge in [0.05, 0.1) is 11.7 Å². The molecule has 0 unspecified atom stereocenters. The highest BCUT2D eigenvalue weighted by Gasteiger charge is 2.27. The van der Waals surface area contributed by atoms with Gasteiger partial charge in [0.1, 0.15) is 0 Å². The first-order chi connectivity index (χ1) is 8.74. The second-order valence-corrected chi connectivity index (χ2v) is 4.84. The Morgan fingerprint density at radius 1 is 1.22 bits per heavy atom. The normalized spacial score (nSPS) is 11.7. The van der Waals surface area contributed by atoms with E-state index in [9.17, 15) is 0 Å². The molecule has 0 saturated heterocycles. The van der Waals surface area contributed by atoms with E-state index >= 15 is 0 Å². The van der Waals surface area contributed by atoms with Crippen molar-refractivity contribution in [3.05, 3.63) is 30.5 Å². The number of anilines is 1. The Labute approximate surface area is 117 Å². The van der Waals surface area contributed by atoms with E-state index in [0.29, 0.717) is 11.8 Å². The van der Waals surface area contributed by atoms with Gasteiger partial charge in [-0.1, -0.05) is 31.2 Å². The molecule has 0 saturated carbocycles. The quantitative estimate of drug-likeness (QED) is 0.851. The van der Waals surface area contributed by atoms with Gasteiger partial charge in [0.2, 0.25) is 0 Å². The molecule has 1 aromatic carbocycles. The molecule has 0 aliphatic rings. The number of nitrogens with one attached hydrogen (secondary N) is 1. The van der Waals surface area contributed by atoms with Crippen molar-refractivity contribution in [1.82, 2.24) is 10.2 Å². The zero-order chi connectivity index (χ0) is 13.0. The number of nitrogens with zero attached hydrogens (tertiary/aromatic N) is 2. The molecule has 1 aromatic heterocycles. The van der Waals surface area contributed by atoms with Gasteiger partial charge < -0.3 is 5.32 Å². The van der Waals surface area contributed by atoms with Crippen molar-refractivity contribution in [2.45, 2.75) is 18.9 Å². The molecule has 0 fully saturated rings. The lowest BCUT2D eigenvalue weighted by atomic mass is 10.0. The average molecular weight is 284 g/mol. The Balaban J connectivity index is 2.42. The molecule has 2 rings (SSSR count). The van der Waals surface area contributed by atoms with Gasteiger partial charge in [0, 0.05) is 22.5 Å². The van der Waals surface area contributed by atoms with Crippen LogP contribution in [0.3, 0.4) is 0 Å². The third-order valence-corrected chi connectivity index (χ3v) is 4.17. The molecule has 0 aliphatic carbocycles. The van der Waals surface area contributed by atoms with Crippen molar-refractivity contribution in [2.75, 3.05) is 17.1 Å². The Bertz CT molecular complexity index is 513. The van der Waals surface area contributed by atoms with E-state index in [4.69, 9.17) is 23.2 Å². The van der Waals surface area contributed by atoms with Gasteiger partial charge >= 0.3 is 0 Å². The molecular weight excluding hydrogens is 269 g/mol. The van der Waals surface area contributed by atoms with Gasteiger partial charge in [-0.25, -0.2) is 0 Å². The summed E-state index contributed by atoms with van der Waals surface area (Å²) in [5, 5.41) is 13.6. The smallest absolute Gasteiger partial charge is 0.157 e. The largest absolute Gasteiger partial charge is 0.360 e. The molecule has 0 spiro atoms. The van der Waals surface area contributed by atoms with E-state index in [1.54, 1.807) is 6.20 Å². The molecule has 0 atom stereocenters. The summed E-state index contributed by atoms with van der Waals surface area (Å²) in [5.74, 6) is 1.59. The van der Waals surface area contributed by atoms with Crippen LogP contribution in [0.15, 0.2) is 30.5 Å². The highest BCUT2D eigenvalue weighted by Crippen LogP contribution is 2.25. The standard InChI is InChI=1S/C13H15Cl2N3/c1-2-13(8-14,9-15)17-12-11-6-4-3-5-10(11)7-16-18-12/h3-7H,2,8-9H2,1H3,(H,17,18). The fourth-order valence-electron chi connectivity index (χ4n) is 1.75. The zero-order valence-corrected chi connectivity index (χ0v) is 11.7. The predicted octanol–water partition coefficient (Wildman–Crippen LogP) is 3.67. The second kappa shape index (κ2) is 5.72. The van der Waals surface area contributed by atoms with Crippen molar-refractivity contribution in [2.24, 2.45) is 0 Å². The lowest BCUT2D eigenvalue weighted by Crippen LogP contribution is -2.42. The maximum Gasteiger partial charge on any atom is 0.157 e. The van der Waals surface area contributed by atoms with Crippen LogP contribution < -0.4 is 5.32 Å². The first-order valence-corrected chi connectivity index (χ1v) is 6.92. The molecule has 2 aromatic rings. The number of benzene rings is 1. The Kier molecular flexibility index (Phi) is 4.25. The van der Waals surface area contributed by atoms with Crippen molar-refractivity contribution < 1.29 is 0 Å². The molecule has 0 bridgehead atoms. The SMILES string of the molecule is CCC(CCl)(CCl)Nc1nncc2ccccc12. The summed E-state index contributed by atoms with van der Waals surface area (Å²) in [6, 6.07) is 7.97. The van der Waals surface area contributed by atoms with Crippen LogP contribution in [0.2, 0.25) is 0 Å². The molecular formula is C13H15Cl2N3. The van der Waals surface area contributed by atoms with E-state index in [0.717, 1.165) is 23.0 Å². The number of alkyl halides is 2. The summed E-state index contributed by atoms with van der Waals surface area (Å²) >= 11 is 12.1. The Morgan fingerprint density at radius 3 is 2.61 bits per heavy atom. The minimum absolute atomic E-state index is 0.345. The van der Waals surface area contributed by atoms with Crippen LogP contribution in [0.1, 0.15) is 13.3 Å². The zero-order valence-electron chi connectivity index (χ0n) is 10.2. The van der Waals surface area contributed by atoms with Crippen LogP contribution in [0.5, 0.6) is 0 Å². The van der Waals surface area contributed by atoms with Crippen LogP contribution in [0, 0.1) is 0 Å². The first kappa shape index (κ1) is 13.4. The van der Waals surface area contributed by atoms with Gasteiger partial charge in [0.15, 0.2) is 5.82 Å². The number of halogens is 2. The number of hydrogen-bond donors (Lipinski definition) is 1. The lowest BCUT2D eigenvalue weighted by molar-refractivity contribution is 0.557. The summed E-state index contributed by atoms with van der Waals surface area (Å²) < 4.78 is 0. The predicted molar refractivity (Wildman–Crippen MR) is 77.6 cm³/mol. The molecule has 96 valence electrons. The number of aromatic nitrogens is 2. The molecule has 0 aliphatic heterocycles. The third kappa shape index (κ3) is 2.52. The van der Waals surface area contributed by atoms with Crippen molar-refractivity contribution >= 4 is 39.8 Å². The summed E-state index contributed by atoms with van der Waals surface area (Å²) in [6.45, 7) is 2.05. The third-order valence-electron chi connectivity index (χ3n) is 3.14. The molecule has 1 heterocycles. The van der Waals surface area contributed by atoms with Crippen molar-refractivity contribution in [3.63, 3.8) is 0 Å². The van der Waals surface area contributed by atoms with E-state index < -0.39 is 0 Å². The molecule has 0 amide bonds. The topological polar surface area (TPSA) is 37.8 Å². The second-order valence-electron chi connectivity index (χ2n) is 4.31. The van der Waals surface area contributed by atoms with Gasteiger partial charge in [-0.3, -0.25) is 0 Å². The van der Waals surface area contributed by atoms with Gasteiger partial charge in [-0.15, -0.1) is 28.3 Å². The fourth-order valence-corrected chi connectivity index (χ4v) is 2.55. The highest BCUT2D eigenvalue weighted by atomic mass is 35.5. The highest BCUT2D eigenvalue weighted by molar-refractivity contribution is 6.22. The van der Waals surface area contributed by atoms with E-state index in [1.165, 1.54) is 0 Å². The number of fused-ring (bicyclic) bond motifs is 1. The van der Waals surface area contributed by atoms with Crippen LogP contribution in [0.25, 0.3) is 10.8 Å². The van der Waals surface area contributed by atoms with Crippen LogP contribution in [-0.2, 0) is 0 Å². The molecule has 5 heteroatoms. The van der Waals surface area contributed by atoms with Crippen molar-refractivity contribution in [1.29, 1.82) is 0 Å². The Morgan fingerprint density at radius 2 is 1.94 bits per heavy atom. The average Bonchev–Trinajstić information content (AvgIpc) is 2.45. The Hall–Kier alpha value is -1.06. The van der Waals surface area contributed by atoms with E-state index in [1.807, 2.05) is 24.3 Å². The van der Waals surface area contributed by atoms with Crippen LogP contribution in [0.4, 0.5) is 5.82 Å². The maximum atomic E-state index is 6.03. The van der Waals surface area contributed by atoms with E-state index in [2.05, 4.69) is 22.4 Å². The van der Waals surface area contributed by atoms with Gasteiger partial charge in [-0.05, 0) is 6.42 Å². The minimum atomic E-state index is -0.345. The maximum absolute atomic E-state index is 6.03. The minimum Gasteiger partial charge on any atom is -0.360 e. The monoisotopic (exact) mass is 283 g/mol. The van der Waals surface area contributed by atoms with Crippen LogP contribution in [-0.4, -0.2) is 27.5 Å². The summed E-state index contributed by atoms with van der Waals surface area (Å²) in [6.07, 6.45) is 2.57. The fraction of sp³-hybridized carbons (Fsp3) is 0.385. The molecule has 1 N–H and O–H groups in total. The summed E-state index contributed by atoms with van der Waals surface area (Å²) in [4.78, 5) is 0. The molecule has 3 nitrogen and oxygen atoms in total.